The molecule has 1 aliphatic heterocycles. The van der Waals surface area contributed by atoms with Crippen molar-refractivity contribution in [3.63, 3.8) is 0 Å². The molecule has 0 saturated carbocycles. The summed E-state index contributed by atoms with van der Waals surface area (Å²) < 4.78 is 29.0. The molecule has 2 N–H and O–H groups in total. The van der Waals surface area contributed by atoms with Gasteiger partial charge in [0.1, 0.15) is 5.82 Å². The number of aryl methyl sites for hydroxylation is 1. The minimum absolute atomic E-state index is 0.122. The molecule has 1 aromatic carbocycles. The summed E-state index contributed by atoms with van der Waals surface area (Å²) in [5.74, 6) is 0.648. The molecule has 23 heavy (non-hydrogen) atoms. The molecule has 9 heteroatoms. The topological polar surface area (TPSA) is 121 Å². The van der Waals surface area contributed by atoms with Gasteiger partial charge in [0.25, 0.3) is 0 Å². The lowest BCUT2D eigenvalue weighted by molar-refractivity contribution is 0.493. The Balaban J connectivity index is 1.73. The average molecular weight is 333 g/mol. The molecule has 0 amide bonds. The van der Waals surface area contributed by atoms with Gasteiger partial charge in [-0.3, -0.25) is 4.57 Å². The summed E-state index contributed by atoms with van der Waals surface area (Å²) in [5, 5.41) is 15.1. The van der Waals surface area contributed by atoms with Gasteiger partial charge >= 0.3 is 5.69 Å². The van der Waals surface area contributed by atoms with Crippen molar-refractivity contribution >= 4 is 10.0 Å². The number of sulfonamides is 1. The van der Waals surface area contributed by atoms with Crippen molar-refractivity contribution < 1.29 is 8.42 Å². The van der Waals surface area contributed by atoms with Gasteiger partial charge in [0, 0.05) is 19.0 Å². The number of aromatic amines is 1. The van der Waals surface area contributed by atoms with Crippen LogP contribution in [0.1, 0.15) is 24.2 Å². The molecule has 1 aromatic heterocycles. The van der Waals surface area contributed by atoms with Crippen LogP contribution in [0.3, 0.4) is 0 Å². The van der Waals surface area contributed by atoms with E-state index < -0.39 is 10.0 Å². The first kappa shape index (κ1) is 15.5. The van der Waals surface area contributed by atoms with Crippen molar-refractivity contribution in [1.29, 1.82) is 5.26 Å². The van der Waals surface area contributed by atoms with Gasteiger partial charge in [0.2, 0.25) is 10.0 Å². The molecule has 2 heterocycles. The van der Waals surface area contributed by atoms with Crippen LogP contribution in [-0.2, 0) is 23.0 Å². The number of fused-ring (bicyclic) bond motifs is 1. The summed E-state index contributed by atoms with van der Waals surface area (Å²) >= 11 is 0. The molecule has 0 fully saturated rings. The Kier molecular flexibility index (Phi) is 4.02. The van der Waals surface area contributed by atoms with E-state index in [1.54, 1.807) is 0 Å². The summed E-state index contributed by atoms with van der Waals surface area (Å²) in [7, 11) is -3.66. The number of H-pyrrole nitrogens is 1. The van der Waals surface area contributed by atoms with Gasteiger partial charge in [-0.25, -0.2) is 23.0 Å². The van der Waals surface area contributed by atoms with Crippen LogP contribution >= 0.6 is 0 Å². The Labute approximate surface area is 132 Å². The quantitative estimate of drug-likeness (QED) is 0.827. The Morgan fingerprint density at radius 3 is 2.74 bits per heavy atom. The first-order valence-electron chi connectivity index (χ1n) is 7.16. The summed E-state index contributed by atoms with van der Waals surface area (Å²) in [6, 6.07) is 7.44. The maximum Gasteiger partial charge on any atom is 0.343 e. The highest BCUT2D eigenvalue weighted by Gasteiger charge is 2.24. The van der Waals surface area contributed by atoms with Crippen molar-refractivity contribution in [3.8, 4) is 6.07 Å². The Hall–Kier alpha value is -2.44. The third-order valence-corrected chi connectivity index (χ3v) is 5.41. The predicted molar refractivity (Wildman–Crippen MR) is 81.1 cm³/mol. The number of nitrogens with one attached hydrogen (secondary N) is 2. The summed E-state index contributed by atoms with van der Waals surface area (Å²) in [6.45, 7) is 0.422. The molecule has 0 bridgehead atoms. The minimum Gasteiger partial charge on any atom is -0.279 e. The molecular weight excluding hydrogens is 318 g/mol. The molecule has 2 aromatic rings. The predicted octanol–water partition coefficient (Wildman–Crippen LogP) is 0.126. The van der Waals surface area contributed by atoms with E-state index in [-0.39, 0.29) is 16.6 Å². The van der Waals surface area contributed by atoms with Crippen molar-refractivity contribution in [3.05, 3.63) is 46.1 Å². The Morgan fingerprint density at radius 1 is 1.30 bits per heavy atom. The van der Waals surface area contributed by atoms with Crippen LogP contribution in [0.15, 0.2) is 34.0 Å². The third kappa shape index (κ3) is 3.18. The van der Waals surface area contributed by atoms with Crippen LogP contribution in [0.25, 0.3) is 0 Å². The molecule has 0 spiro atoms. The highest BCUT2D eigenvalue weighted by molar-refractivity contribution is 7.89. The second kappa shape index (κ2) is 5.98. The number of hydrogen-bond donors (Lipinski definition) is 2. The highest BCUT2D eigenvalue weighted by atomic mass is 32.2. The molecule has 0 aliphatic carbocycles. The monoisotopic (exact) mass is 333 g/mol. The van der Waals surface area contributed by atoms with Crippen molar-refractivity contribution in [2.24, 2.45) is 0 Å². The van der Waals surface area contributed by atoms with E-state index in [2.05, 4.69) is 14.9 Å². The number of nitriles is 1. The molecule has 1 atom stereocenters. The van der Waals surface area contributed by atoms with Gasteiger partial charge in [-0.1, -0.05) is 0 Å². The number of benzene rings is 1. The molecule has 8 nitrogen and oxygen atoms in total. The smallest absolute Gasteiger partial charge is 0.279 e. The molecule has 1 unspecified atom stereocenters. The van der Waals surface area contributed by atoms with Gasteiger partial charge < -0.3 is 0 Å². The zero-order chi connectivity index (χ0) is 16.4. The van der Waals surface area contributed by atoms with Crippen molar-refractivity contribution in [2.75, 3.05) is 0 Å². The maximum atomic E-state index is 12.4. The number of hydrogen-bond acceptors (Lipinski definition) is 5. The van der Waals surface area contributed by atoms with Gasteiger partial charge in [0.05, 0.1) is 16.5 Å². The van der Waals surface area contributed by atoms with Gasteiger partial charge in [-0.05, 0) is 37.1 Å². The fraction of sp³-hybridized carbons (Fsp3) is 0.357. The van der Waals surface area contributed by atoms with Crippen molar-refractivity contribution in [1.82, 2.24) is 19.5 Å². The molecule has 3 rings (SSSR count). The fourth-order valence-corrected chi connectivity index (χ4v) is 3.92. The highest BCUT2D eigenvalue weighted by Crippen LogP contribution is 2.16. The summed E-state index contributed by atoms with van der Waals surface area (Å²) in [6.07, 6.45) is 1.61. The molecule has 120 valence electrons. The van der Waals surface area contributed by atoms with E-state index in [1.807, 2.05) is 6.07 Å². The number of aromatic nitrogens is 3. The van der Waals surface area contributed by atoms with Crippen LogP contribution in [0.2, 0.25) is 0 Å². The van der Waals surface area contributed by atoms with E-state index in [0.717, 1.165) is 0 Å². The normalized spacial score (nSPS) is 18.0. The molecule has 0 radical (unpaired) electrons. The Morgan fingerprint density at radius 2 is 2.04 bits per heavy atom. The molecule has 0 saturated heterocycles. The summed E-state index contributed by atoms with van der Waals surface area (Å²) in [4.78, 5) is 11.7. The lowest BCUT2D eigenvalue weighted by Gasteiger charge is -2.16. The molecular formula is C14H15N5O3S. The Bertz CT molecular complexity index is 905. The largest absolute Gasteiger partial charge is 0.343 e. The van der Waals surface area contributed by atoms with Crippen LogP contribution < -0.4 is 10.4 Å². The third-order valence-electron chi connectivity index (χ3n) is 3.87. The first-order valence-corrected chi connectivity index (χ1v) is 8.64. The zero-order valence-electron chi connectivity index (χ0n) is 12.2. The van der Waals surface area contributed by atoms with E-state index in [9.17, 15) is 13.2 Å². The van der Waals surface area contributed by atoms with E-state index >= 15 is 0 Å². The summed E-state index contributed by atoms with van der Waals surface area (Å²) in [5.41, 5.74) is 0.138. The van der Waals surface area contributed by atoms with Gasteiger partial charge in [-0.2, -0.15) is 10.4 Å². The lowest BCUT2D eigenvalue weighted by Crippen LogP contribution is -2.35. The van der Waals surface area contributed by atoms with E-state index in [1.165, 1.54) is 28.8 Å². The standard InChI is InChI=1S/C14H15N5O3S/c15-9-10-1-4-12(5-2-10)23(21,22)18-11-3-6-13-16-17-14(20)19(13)8-7-11/h1-2,4-5,11,18H,3,6-8H2,(H,17,20). The second-order valence-corrected chi connectivity index (χ2v) is 7.09. The molecule has 1 aliphatic rings. The average Bonchev–Trinajstić information content (AvgIpc) is 2.77. The van der Waals surface area contributed by atoms with Gasteiger partial charge in [-0.15, -0.1) is 0 Å². The van der Waals surface area contributed by atoms with Gasteiger partial charge in [0.15, 0.2) is 0 Å². The number of nitrogens with zero attached hydrogens (tertiary/aromatic N) is 3. The number of rotatable bonds is 3. The minimum atomic E-state index is -3.66. The lowest BCUT2D eigenvalue weighted by atomic mass is 10.1. The SMILES string of the molecule is N#Cc1ccc(S(=O)(=O)NC2CCc3n[nH]c(=O)n3CC2)cc1. The van der Waals surface area contributed by atoms with Crippen molar-refractivity contribution in [2.45, 2.75) is 36.7 Å². The van der Waals surface area contributed by atoms with E-state index in [0.29, 0.717) is 37.2 Å². The zero-order valence-corrected chi connectivity index (χ0v) is 13.0. The van der Waals surface area contributed by atoms with Crippen LogP contribution in [0.5, 0.6) is 0 Å². The first-order chi connectivity index (χ1) is 11.0. The van der Waals surface area contributed by atoms with E-state index in [4.69, 9.17) is 5.26 Å². The van der Waals surface area contributed by atoms with Crippen LogP contribution in [0.4, 0.5) is 0 Å². The van der Waals surface area contributed by atoms with Crippen LogP contribution in [-0.4, -0.2) is 29.2 Å². The van der Waals surface area contributed by atoms with Crippen LogP contribution in [0, 0.1) is 11.3 Å². The maximum absolute atomic E-state index is 12.4. The second-order valence-electron chi connectivity index (χ2n) is 5.38. The fourth-order valence-electron chi connectivity index (χ4n) is 2.62.